The lowest BCUT2D eigenvalue weighted by molar-refractivity contribution is 0.280. The summed E-state index contributed by atoms with van der Waals surface area (Å²) in [5.41, 5.74) is 1.26. The molecule has 0 fully saturated rings. The number of hydrogen-bond acceptors (Lipinski definition) is 2. The van der Waals surface area contributed by atoms with Gasteiger partial charge in [-0.15, -0.1) is 0 Å². The van der Waals surface area contributed by atoms with Crippen molar-refractivity contribution in [1.82, 2.24) is 0 Å². The third-order valence-corrected chi connectivity index (χ3v) is 2.75. The normalized spacial score (nSPS) is 10.4. The topological polar surface area (TPSA) is 29.5 Å². The van der Waals surface area contributed by atoms with Gasteiger partial charge in [-0.3, -0.25) is 0 Å². The Bertz CT molecular complexity index is 526. The minimum absolute atomic E-state index is 0.00784. The first kappa shape index (κ1) is 12.9. The average molecular weight is 267 g/mol. The molecule has 0 aliphatic rings. The second kappa shape index (κ2) is 5.85. The molecule has 0 heterocycles. The maximum absolute atomic E-state index is 13.5. The molecular formula is C14H12ClFO2. The van der Waals surface area contributed by atoms with E-state index in [1.807, 2.05) is 0 Å². The van der Waals surface area contributed by atoms with Crippen molar-refractivity contribution in [2.75, 3.05) is 0 Å². The second-order valence-electron chi connectivity index (χ2n) is 3.83. The highest BCUT2D eigenvalue weighted by molar-refractivity contribution is 6.30. The first-order valence-electron chi connectivity index (χ1n) is 5.45. The predicted molar refractivity (Wildman–Crippen MR) is 68.1 cm³/mol. The van der Waals surface area contributed by atoms with Crippen molar-refractivity contribution < 1.29 is 14.2 Å². The average Bonchev–Trinajstić information content (AvgIpc) is 2.38. The van der Waals surface area contributed by atoms with E-state index < -0.39 is 0 Å². The van der Waals surface area contributed by atoms with Gasteiger partial charge in [-0.1, -0.05) is 29.8 Å². The monoisotopic (exact) mass is 266 g/mol. The van der Waals surface area contributed by atoms with Gasteiger partial charge in [-0.05, 0) is 29.8 Å². The van der Waals surface area contributed by atoms with Crippen LogP contribution in [-0.2, 0) is 13.2 Å². The Morgan fingerprint density at radius 3 is 2.44 bits per heavy atom. The largest absolute Gasteiger partial charge is 0.489 e. The third-order valence-electron chi connectivity index (χ3n) is 2.52. The molecule has 2 nitrogen and oxygen atoms in total. The van der Waals surface area contributed by atoms with Crippen molar-refractivity contribution in [3.05, 3.63) is 64.4 Å². The summed E-state index contributed by atoms with van der Waals surface area (Å²) in [6.07, 6.45) is 0. The van der Waals surface area contributed by atoms with E-state index in [1.165, 1.54) is 6.07 Å². The lowest BCUT2D eigenvalue weighted by atomic mass is 10.2. The summed E-state index contributed by atoms with van der Waals surface area (Å²) in [7, 11) is 0. The van der Waals surface area contributed by atoms with Crippen molar-refractivity contribution in [2.24, 2.45) is 0 Å². The highest BCUT2D eigenvalue weighted by Gasteiger charge is 2.04. The maximum Gasteiger partial charge on any atom is 0.131 e. The summed E-state index contributed by atoms with van der Waals surface area (Å²) in [5, 5.41) is 9.26. The fourth-order valence-electron chi connectivity index (χ4n) is 1.49. The van der Waals surface area contributed by atoms with Gasteiger partial charge in [-0.25, -0.2) is 4.39 Å². The summed E-state index contributed by atoms with van der Waals surface area (Å²) in [5.74, 6) is 0.246. The molecule has 0 spiro atoms. The molecule has 0 saturated heterocycles. The van der Waals surface area contributed by atoms with Gasteiger partial charge >= 0.3 is 0 Å². The summed E-state index contributed by atoms with van der Waals surface area (Å²) < 4.78 is 18.9. The molecule has 0 saturated carbocycles. The van der Waals surface area contributed by atoms with Gasteiger partial charge in [-0.2, -0.15) is 0 Å². The molecular weight excluding hydrogens is 255 g/mol. The number of hydrogen-bond donors (Lipinski definition) is 1. The van der Waals surface area contributed by atoms with E-state index in [4.69, 9.17) is 21.4 Å². The minimum Gasteiger partial charge on any atom is -0.489 e. The Labute approximate surface area is 110 Å². The number of aliphatic hydroxyl groups is 1. The highest BCUT2D eigenvalue weighted by Crippen LogP contribution is 2.18. The van der Waals surface area contributed by atoms with Gasteiger partial charge in [0.2, 0.25) is 0 Å². The molecule has 0 atom stereocenters. The first-order valence-corrected chi connectivity index (χ1v) is 5.83. The van der Waals surface area contributed by atoms with E-state index in [1.54, 1.807) is 36.4 Å². The predicted octanol–water partition coefficient (Wildman–Crippen LogP) is 3.55. The number of benzene rings is 2. The van der Waals surface area contributed by atoms with Gasteiger partial charge in [0.1, 0.15) is 18.2 Å². The number of aliphatic hydroxyl groups excluding tert-OH is 1. The zero-order valence-corrected chi connectivity index (χ0v) is 10.3. The molecule has 2 rings (SSSR count). The van der Waals surface area contributed by atoms with Crippen LogP contribution in [0, 0.1) is 5.82 Å². The number of ether oxygens (including phenoxy) is 1. The molecule has 18 heavy (non-hydrogen) atoms. The van der Waals surface area contributed by atoms with Crippen molar-refractivity contribution in [1.29, 1.82) is 0 Å². The lowest BCUT2D eigenvalue weighted by Gasteiger charge is -2.07. The first-order chi connectivity index (χ1) is 8.69. The molecule has 0 aliphatic carbocycles. The van der Waals surface area contributed by atoms with Crippen molar-refractivity contribution in [3.63, 3.8) is 0 Å². The van der Waals surface area contributed by atoms with Crippen LogP contribution in [0.2, 0.25) is 5.02 Å². The van der Waals surface area contributed by atoms with Crippen LogP contribution in [0.15, 0.2) is 42.5 Å². The van der Waals surface area contributed by atoms with E-state index in [9.17, 15) is 4.39 Å². The lowest BCUT2D eigenvalue weighted by Crippen LogP contribution is -1.98. The van der Waals surface area contributed by atoms with Crippen LogP contribution in [0.25, 0.3) is 0 Å². The minimum atomic E-state index is -0.380. The van der Waals surface area contributed by atoms with Gasteiger partial charge in [0.15, 0.2) is 0 Å². The fraction of sp³-hybridized carbons (Fsp3) is 0.143. The van der Waals surface area contributed by atoms with Crippen LogP contribution >= 0.6 is 11.6 Å². The van der Waals surface area contributed by atoms with Crippen LogP contribution in [0.3, 0.4) is 0 Å². The molecule has 0 aliphatic heterocycles. The summed E-state index contributed by atoms with van der Waals surface area (Å²) in [6, 6.07) is 11.5. The van der Waals surface area contributed by atoms with Gasteiger partial charge in [0.05, 0.1) is 6.61 Å². The maximum atomic E-state index is 13.5. The third kappa shape index (κ3) is 3.22. The molecule has 94 valence electrons. The molecule has 0 unspecified atom stereocenters. The van der Waals surface area contributed by atoms with Crippen molar-refractivity contribution in [3.8, 4) is 5.75 Å². The Kier molecular flexibility index (Phi) is 4.18. The smallest absolute Gasteiger partial charge is 0.131 e. The zero-order chi connectivity index (χ0) is 13.0. The fourth-order valence-corrected chi connectivity index (χ4v) is 1.65. The quantitative estimate of drug-likeness (QED) is 0.917. The SMILES string of the molecule is OCc1ccc(OCc2ccc(Cl)cc2F)cc1. The van der Waals surface area contributed by atoms with Crippen molar-refractivity contribution in [2.45, 2.75) is 13.2 Å². The Morgan fingerprint density at radius 2 is 1.83 bits per heavy atom. The van der Waals surface area contributed by atoms with Crippen LogP contribution in [0.4, 0.5) is 4.39 Å². The molecule has 2 aromatic carbocycles. The molecule has 1 N–H and O–H groups in total. The molecule has 0 bridgehead atoms. The number of halogens is 2. The number of rotatable bonds is 4. The molecule has 4 heteroatoms. The highest BCUT2D eigenvalue weighted by atomic mass is 35.5. The molecule has 0 radical (unpaired) electrons. The molecule has 2 aromatic rings. The van der Waals surface area contributed by atoms with E-state index >= 15 is 0 Å². The van der Waals surface area contributed by atoms with E-state index in [0.29, 0.717) is 16.3 Å². The van der Waals surface area contributed by atoms with Gasteiger partial charge < -0.3 is 9.84 Å². The summed E-state index contributed by atoms with van der Waals surface area (Å²) >= 11 is 5.66. The van der Waals surface area contributed by atoms with Crippen molar-refractivity contribution >= 4 is 11.6 Å². The standard InChI is InChI=1S/C14H12ClFO2/c15-12-4-3-11(14(16)7-12)9-18-13-5-1-10(8-17)2-6-13/h1-7,17H,8-9H2. The Balaban J connectivity index is 2.02. The summed E-state index contributed by atoms with van der Waals surface area (Å²) in [6.45, 7) is 0.133. The Morgan fingerprint density at radius 1 is 1.11 bits per heavy atom. The zero-order valence-electron chi connectivity index (χ0n) is 9.57. The second-order valence-corrected chi connectivity index (χ2v) is 4.26. The Hall–Kier alpha value is -1.58. The van der Waals surface area contributed by atoms with Crippen LogP contribution in [0.5, 0.6) is 5.75 Å². The van der Waals surface area contributed by atoms with E-state index in [2.05, 4.69) is 0 Å². The van der Waals surface area contributed by atoms with Gasteiger partial charge in [0, 0.05) is 10.6 Å². The van der Waals surface area contributed by atoms with E-state index in [-0.39, 0.29) is 19.0 Å². The van der Waals surface area contributed by atoms with Crippen LogP contribution in [0.1, 0.15) is 11.1 Å². The van der Waals surface area contributed by atoms with Crippen LogP contribution in [-0.4, -0.2) is 5.11 Å². The molecule has 0 aromatic heterocycles. The van der Waals surface area contributed by atoms with Gasteiger partial charge in [0.25, 0.3) is 0 Å². The summed E-state index contributed by atoms with van der Waals surface area (Å²) in [4.78, 5) is 0. The molecule has 0 amide bonds. The van der Waals surface area contributed by atoms with Crippen LogP contribution < -0.4 is 4.74 Å². The van der Waals surface area contributed by atoms with E-state index in [0.717, 1.165) is 5.56 Å².